The quantitative estimate of drug-likeness (QED) is 0.130. The first kappa shape index (κ1) is 44.5. The standard InChI is InChI=1S/C40H45ClF2N4O9S/c1-6-56-39(53)40(42,43)35(49)32(19-23(2)3)44-33(48)22-47(30-20-27-9-7-8-10-28(27)21-30)38(52)34(24(4)5)45-36(50)25-11-13-26(14-12-25)37(51)46-57(54,55)31-17-15-29(41)16-18-31/h7-18,23-24,30,32,34H,6,19-22H2,1-5H3,(H,44,48)(H,45,50)(H,46,51). The van der Waals surface area contributed by atoms with Gasteiger partial charge in [0, 0.05) is 22.2 Å². The average Bonchev–Trinajstić information content (AvgIpc) is 3.59. The summed E-state index contributed by atoms with van der Waals surface area (Å²) in [5.41, 5.74) is 1.81. The molecule has 1 aliphatic carbocycles. The first-order valence-electron chi connectivity index (χ1n) is 18.2. The predicted octanol–water partition coefficient (Wildman–Crippen LogP) is 4.51. The second kappa shape index (κ2) is 18.8. The molecule has 0 heterocycles. The SMILES string of the molecule is CCOC(=O)C(F)(F)C(=O)C(CC(C)C)NC(=O)CN(C(=O)C(NC(=O)c1ccc(C(=O)NS(=O)(=O)c2ccc(Cl)cc2)cc1)C(C)C)C1Cc2ccccc2C1. The number of carbonyl (C=O) groups is 6. The van der Waals surface area contributed by atoms with E-state index in [-0.39, 0.29) is 28.4 Å². The Kier molecular flexibility index (Phi) is 14.7. The first-order chi connectivity index (χ1) is 26.7. The van der Waals surface area contributed by atoms with Crippen LogP contribution in [0.1, 0.15) is 72.9 Å². The van der Waals surface area contributed by atoms with Gasteiger partial charge >= 0.3 is 11.9 Å². The maximum absolute atomic E-state index is 14.9. The largest absolute Gasteiger partial charge is 0.461 e. The lowest BCUT2D eigenvalue weighted by atomic mass is 9.96. The summed E-state index contributed by atoms with van der Waals surface area (Å²) in [7, 11) is -4.23. The fraction of sp³-hybridized carbons (Fsp3) is 0.400. The minimum atomic E-state index is -4.53. The van der Waals surface area contributed by atoms with Gasteiger partial charge in [0.2, 0.25) is 17.6 Å². The zero-order chi connectivity index (χ0) is 42.2. The van der Waals surface area contributed by atoms with Crippen molar-refractivity contribution in [2.75, 3.05) is 13.2 Å². The van der Waals surface area contributed by atoms with Gasteiger partial charge in [-0.3, -0.25) is 24.0 Å². The van der Waals surface area contributed by atoms with Crippen LogP contribution in [0.5, 0.6) is 0 Å². The highest BCUT2D eigenvalue weighted by molar-refractivity contribution is 7.90. The number of halogens is 3. The van der Waals surface area contributed by atoms with Crippen molar-refractivity contribution in [2.45, 2.75) is 82.8 Å². The summed E-state index contributed by atoms with van der Waals surface area (Å²) < 4.78 is 61.4. The molecule has 0 saturated carbocycles. The molecule has 13 nitrogen and oxygen atoms in total. The Morgan fingerprint density at radius 2 is 1.39 bits per heavy atom. The van der Waals surface area contributed by atoms with Gasteiger partial charge in [0.1, 0.15) is 6.04 Å². The zero-order valence-corrected chi connectivity index (χ0v) is 33.6. The molecule has 4 rings (SSSR count). The number of amides is 4. The summed E-state index contributed by atoms with van der Waals surface area (Å²) in [6, 6.07) is 14.1. The molecule has 1 aliphatic rings. The van der Waals surface area contributed by atoms with Crippen LogP contribution in [0.3, 0.4) is 0 Å². The Labute approximate surface area is 334 Å². The molecule has 2 unspecified atom stereocenters. The molecule has 0 radical (unpaired) electrons. The van der Waals surface area contributed by atoms with Crippen LogP contribution >= 0.6 is 11.6 Å². The smallest absolute Gasteiger partial charge is 0.401 e. The number of carbonyl (C=O) groups excluding carboxylic acids is 6. The van der Waals surface area contributed by atoms with E-state index in [2.05, 4.69) is 15.4 Å². The average molecular weight is 831 g/mol. The lowest BCUT2D eigenvalue weighted by molar-refractivity contribution is -0.177. The second-order valence-electron chi connectivity index (χ2n) is 14.4. The molecule has 0 aliphatic heterocycles. The van der Waals surface area contributed by atoms with Gasteiger partial charge in [-0.25, -0.2) is 17.9 Å². The van der Waals surface area contributed by atoms with Gasteiger partial charge in [-0.1, -0.05) is 63.6 Å². The Bertz CT molecular complexity index is 2070. The van der Waals surface area contributed by atoms with E-state index in [1.54, 1.807) is 27.7 Å². The predicted molar refractivity (Wildman–Crippen MR) is 206 cm³/mol. The number of nitrogens with one attached hydrogen (secondary N) is 3. The number of ether oxygens (including phenoxy) is 1. The van der Waals surface area contributed by atoms with Gasteiger partial charge < -0.3 is 20.3 Å². The van der Waals surface area contributed by atoms with E-state index in [0.29, 0.717) is 17.9 Å². The van der Waals surface area contributed by atoms with E-state index < -0.39 is 88.5 Å². The molecule has 0 saturated heterocycles. The number of esters is 1. The van der Waals surface area contributed by atoms with Gasteiger partial charge in [0.25, 0.3) is 21.8 Å². The highest BCUT2D eigenvalue weighted by Crippen LogP contribution is 2.27. The van der Waals surface area contributed by atoms with E-state index in [9.17, 15) is 46.0 Å². The number of ketones is 1. The number of Topliss-reactive ketones (excluding diaryl/α,β-unsaturated/α-hetero) is 1. The molecule has 0 spiro atoms. The summed E-state index contributed by atoms with van der Waals surface area (Å²) in [4.78, 5) is 80.4. The number of hydrogen-bond donors (Lipinski definition) is 3. The monoisotopic (exact) mass is 830 g/mol. The van der Waals surface area contributed by atoms with Crippen LogP contribution in [-0.4, -0.2) is 85.9 Å². The fourth-order valence-corrected chi connectivity index (χ4v) is 7.43. The van der Waals surface area contributed by atoms with Crippen molar-refractivity contribution >= 4 is 57.0 Å². The Balaban J connectivity index is 1.54. The van der Waals surface area contributed by atoms with Crippen LogP contribution in [0.25, 0.3) is 0 Å². The highest BCUT2D eigenvalue weighted by atomic mass is 35.5. The van der Waals surface area contributed by atoms with Crippen LogP contribution in [0.15, 0.2) is 77.7 Å². The molecule has 0 bridgehead atoms. The summed E-state index contributed by atoms with van der Waals surface area (Å²) in [5, 5.41) is 5.33. The number of nitrogens with zero attached hydrogens (tertiary/aromatic N) is 1. The molecule has 17 heteroatoms. The van der Waals surface area contributed by atoms with Crippen LogP contribution in [0.4, 0.5) is 8.78 Å². The number of rotatable bonds is 17. The second-order valence-corrected chi connectivity index (χ2v) is 16.5. The van der Waals surface area contributed by atoms with Crippen molar-refractivity contribution in [3.8, 4) is 0 Å². The van der Waals surface area contributed by atoms with E-state index in [1.807, 2.05) is 29.0 Å². The summed E-state index contributed by atoms with van der Waals surface area (Å²) in [5.74, 6) is -12.6. The molecule has 2 atom stereocenters. The molecule has 3 aromatic carbocycles. The number of hydrogen-bond acceptors (Lipinski definition) is 9. The number of sulfonamides is 1. The first-order valence-corrected chi connectivity index (χ1v) is 20.1. The third-order valence-electron chi connectivity index (χ3n) is 9.25. The highest BCUT2D eigenvalue weighted by Gasteiger charge is 2.52. The van der Waals surface area contributed by atoms with Crippen molar-refractivity contribution in [1.29, 1.82) is 0 Å². The number of alkyl halides is 2. The normalized spacial score (nSPS) is 14.0. The van der Waals surface area contributed by atoms with Crippen molar-refractivity contribution in [3.63, 3.8) is 0 Å². The summed E-state index contributed by atoms with van der Waals surface area (Å²) in [6.45, 7) is 6.90. The Morgan fingerprint density at radius 1 is 0.842 bits per heavy atom. The van der Waals surface area contributed by atoms with Crippen molar-refractivity contribution in [1.82, 2.24) is 20.3 Å². The number of fused-ring (bicyclic) bond motifs is 1. The number of benzene rings is 3. The molecular formula is C40H45ClF2N4O9S. The molecular weight excluding hydrogens is 786 g/mol. The minimum Gasteiger partial charge on any atom is -0.461 e. The van der Waals surface area contributed by atoms with Crippen molar-refractivity contribution in [3.05, 3.63) is 100 Å². The maximum atomic E-state index is 14.9. The van der Waals surface area contributed by atoms with E-state index in [4.69, 9.17) is 11.6 Å². The van der Waals surface area contributed by atoms with Gasteiger partial charge in [-0.2, -0.15) is 8.78 Å². The molecule has 306 valence electrons. The van der Waals surface area contributed by atoms with Gasteiger partial charge in [0.15, 0.2) is 0 Å². The van der Waals surface area contributed by atoms with Crippen LogP contribution < -0.4 is 15.4 Å². The lowest BCUT2D eigenvalue weighted by Crippen LogP contribution is -2.58. The zero-order valence-electron chi connectivity index (χ0n) is 32.0. The molecule has 0 fully saturated rings. The van der Waals surface area contributed by atoms with E-state index >= 15 is 0 Å². The summed E-state index contributed by atoms with van der Waals surface area (Å²) in [6.07, 6.45) is 0.465. The van der Waals surface area contributed by atoms with E-state index in [1.165, 1.54) is 60.4 Å². The third-order valence-corrected chi connectivity index (χ3v) is 10.8. The van der Waals surface area contributed by atoms with Crippen molar-refractivity contribution < 1.29 is 50.7 Å². The van der Waals surface area contributed by atoms with Crippen LogP contribution in [0.2, 0.25) is 5.02 Å². The van der Waals surface area contributed by atoms with Gasteiger partial charge in [0.05, 0.1) is 24.1 Å². The lowest BCUT2D eigenvalue weighted by Gasteiger charge is -2.34. The minimum absolute atomic E-state index is 0.0284. The molecule has 4 amide bonds. The summed E-state index contributed by atoms with van der Waals surface area (Å²) >= 11 is 5.82. The van der Waals surface area contributed by atoms with Gasteiger partial charge in [-0.15, -0.1) is 0 Å². The molecule has 57 heavy (non-hydrogen) atoms. The maximum Gasteiger partial charge on any atom is 0.401 e. The van der Waals surface area contributed by atoms with Crippen LogP contribution in [0, 0.1) is 11.8 Å². The van der Waals surface area contributed by atoms with Gasteiger partial charge in [-0.05, 0) is 97.7 Å². The molecule has 3 N–H and O–H groups in total. The van der Waals surface area contributed by atoms with Crippen molar-refractivity contribution in [2.24, 2.45) is 11.8 Å². The molecule has 3 aromatic rings. The van der Waals surface area contributed by atoms with E-state index in [0.717, 1.165) is 11.1 Å². The van der Waals surface area contributed by atoms with Crippen LogP contribution in [-0.2, 0) is 46.8 Å². The third kappa shape index (κ3) is 11.2. The Hall–Kier alpha value is -5.22. The Morgan fingerprint density at radius 3 is 1.89 bits per heavy atom. The fourth-order valence-electron chi connectivity index (χ4n) is 6.33. The molecule has 0 aromatic heterocycles. The topological polar surface area (TPSA) is 185 Å².